The highest BCUT2D eigenvalue weighted by Gasteiger charge is 2.25. The fraction of sp³-hybridized carbons (Fsp3) is 0.562. The van der Waals surface area contributed by atoms with Crippen LogP contribution in [0.2, 0.25) is 0 Å². The number of carbonyl (C=O) groups is 1. The third-order valence-electron chi connectivity index (χ3n) is 4.07. The summed E-state index contributed by atoms with van der Waals surface area (Å²) in [6.45, 7) is 1.62. The Morgan fingerprint density at radius 2 is 2.00 bits per heavy atom. The molecule has 0 aromatic heterocycles. The molecular formula is C16H24N2O5S. The highest BCUT2D eigenvalue weighted by Crippen LogP contribution is 2.18. The number of benzene rings is 1. The Bertz CT molecular complexity index is 645. The maximum Gasteiger partial charge on any atom is 0.248 e. The molecule has 1 N–H and O–H groups in total. The average Bonchev–Trinajstić information content (AvgIpc) is 2.60. The van der Waals surface area contributed by atoms with E-state index in [-0.39, 0.29) is 23.3 Å². The molecule has 1 amide bonds. The topological polar surface area (TPSA) is 84.9 Å². The van der Waals surface area contributed by atoms with Crippen LogP contribution in [0.1, 0.15) is 12.8 Å². The molecule has 0 aliphatic carbocycles. The van der Waals surface area contributed by atoms with Crippen LogP contribution in [-0.2, 0) is 19.6 Å². The zero-order valence-corrected chi connectivity index (χ0v) is 14.8. The van der Waals surface area contributed by atoms with Gasteiger partial charge in [0.15, 0.2) is 0 Å². The Labute approximate surface area is 143 Å². The molecule has 0 radical (unpaired) electrons. The minimum atomic E-state index is -3.57. The van der Waals surface area contributed by atoms with Crippen LogP contribution in [0, 0.1) is 5.92 Å². The highest BCUT2D eigenvalue weighted by atomic mass is 32.2. The summed E-state index contributed by atoms with van der Waals surface area (Å²) >= 11 is 0. The van der Waals surface area contributed by atoms with Crippen LogP contribution in [0.15, 0.2) is 29.2 Å². The van der Waals surface area contributed by atoms with E-state index in [4.69, 9.17) is 9.47 Å². The summed E-state index contributed by atoms with van der Waals surface area (Å²) in [7, 11) is -0.549. The van der Waals surface area contributed by atoms with Crippen molar-refractivity contribution in [3.63, 3.8) is 0 Å². The van der Waals surface area contributed by atoms with Crippen molar-refractivity contribution >= 4 is 15.9 Å². The number of likely N-dealkylation sites (tertiary alicyclic amines) is 1. The van der Waals surface area contributed by atoms with Crippen molar-refractivity contribution in [3.8, 4) is 5.75 Å². The molecule has 1 saturated heterocycles. The van der Waals surface area contributed by atoms with E-state index in [2.05, 4.69) is 4.72 Å². The molecule has 8 heteroatoms. The Hall–Kier alpha value is -1.64. The van der Waals surface area contributed by atoms with Gasteiger partial charge in [0.1, 0.15) is 12.4 Å². The number of ether oxygens (including phenoxy) is 2. The monoisotopic (exact) mass is 356 g/mol. The van der Waals surface area contributed by atoms with Gasteiger partial charge in [-0.15, -0.1) is 0 Å². The smallest absolute Gasteiger partial charge is 0.248 e. The number of nitrogens with zero attached hydrogens (tertiary/aromatic N) is 1. The molecule has 1 aliphatic heterocycles. The number of sulfonamides is 1. The first kappa shape index (κ1) is 18.7. The minimum Gasteiger partial charge on any atom is -0.497 e. The molecule has 1 atom stereocenters. The maximum atomic E-state index is 12.3. The molecular weight excluding hydrogens is 332 g/mol. The number of methoxy groups -OCH3 is 2. The van der Waals surface area contributed by atoms with Crippen molar-refractivity contribution in [2.45, 2.75) is 17.7 Å². The summed E-state index contributed by atoms with van der Waals surface area (Å²) in [5.41, 5.74) is 0. The Kier molecular flexibility index (Phi) is 6.59. The molecule has 24 heavy (non-hydrogen) atoms. The second-order valence-corrected chi connectivity index (χ2v) is 7.58. The summed E-state index contributed by atoms with van der Waals surface area (Å²) in [6, 6.07) is 6.24. The lowest BCUT2D eigenvalue weighted by molar-refractivity contribution is -0.136. The van der Waals surface area contributed by atoms with E-state index >= 15 is 0 Å². The first-order chi connectivity index (χ1) is 11.5. The summed E-state index contributed by atoms with van der Waals surface area (Å²) in [4.78, 5) is 13.8. The molecule has 2 rings (SSSR count). The minimum absolute atomic E-state index is 0.0554. The first-order valence-electron chi connectivity index (χ1n) is 7.86. The Morgan fingerprint density at radius 1 is 1.29 bits per heavy atom. The molecule has 0 saturated carbocycles. The fourth-order valence-electron chi connectivity index (χ4n) is 2.74. The lowest BCUT2D eigenvalue weighted by Crippen LogP contribution is -2.44. The van der Waals surface area contributed by atoms with Crippen LogP contribution in [0.5, 0.6) is 5.75 Å². The third kappa shape index (κ3) is 4.93. The van der Waals surface area contributed by atoms with Crippen LogP contribution >= 0.6 is 0 Å². The number of amides is 1. The number of piperidine rings is 1. The number of hydrogen-bond donors (Lipinski definition) is 1. The van der Waals surface area contributed by atoms with Crippen LogP contribution < -0.4 is 9.46 Å². The molecule has 7 nitrogen and oxygen atoms in total. The van der Waals surface area contributed by atoms with Gasteiger partial charge in [-0.05, 0) is 43.0 Å². The normalized spacial score (nSPS) is 18.4. The lowest BCUT2D eigenvalue weighted by atomic mass is 9.98. The van der Waals surface area contributed by atoms with Gasteiger partial charge in [-0.2, -0.15) is 0 Å². The van der Waals surface area contributed by atoms with Gasteiger partial charge in [0.25, 0.3) is 0 Å². The molecule has 1 aliphatic rings. The quantitative estimate of drug-likeness (QED) is 0.783. The molecule has 1 aromatic carbocycles. The van der Waals surface area contributed by atoms with E-state index in [9.17, 15) is 13.2 Å². The van der Waals surface area contributed by atoms with Crippen LogP contribution in [-0.4, -0.2) is 59.7 Å². The second kappa shape index (κ2) is 8.46. The summed E-state index contributed by atoms with van der Waals surface area (Å²) < 4.78 is 37.2. The Balaban J connectivity index is 1.92. The third-order valence-corrected chi connectivity index (χ3v) is 5.51. The van der Waals surface area contributed by atoms with Crippen molar-refractivity contribution in [2.75, 3.05) is 40.5 Å². The first-order valence-corrected chi connectivity index (χ1v) is 9.35. The molecule has 1 aromatic rings. The highest BCUT2D eigenvalue weighted by molar-refractivity contribution is 7.89. The van der Waals surface area contributed by atoms with Gasteiger partial charge in [0.2, 0.25) is 15.9 Å². The van der Waals surface area contributed by atoms with Gasteiger partial charge in [0.05, 0.1) is 12.0 Å². The second-order valence-electron chi connectivity index (χ2n) is 5.81. The van der Waals surface area contributed by atoms with Crippen LogP contribution in [0.25, 0.3) is 0 Å². The van der Waals surface area contributed by atoms with Gasteiger partial charge < -0.3 is 14.4 Å². The number of nitrogens with one attached hydrogen (secondary N) is 1. The summed E-state index contributed by atoms with van der Waals surface area (Å²) in [5.74, 6) is 0.654. The van der Waals surface area contributed by atoms with Crippen molar-refractivity contribution in [3.05, 3.63) is 24.3 Å². The van der Waals surface area contributed by atoms with Crippen LogP contribution in [0.4, 0.5) is 0 Å². The molecule has 0 spiro atoms. The molecule has 134 valence electrons. The van der Waals surface area contributed by atoms with E-state index in [1.54, 1.807) is 17.0 Å². The van der Waals surface area contributed by atoms with E-state index in [0.29, 0.717) is 25.4 Å². The van der Waals surface area contributed by atoms with Gasteiger partial charge in [0, 0.05) is 26.7 Å². The molecule has 0 bridgehead atoms. The SMILES string of the molecule is COCC(=O)N1CCC[C@H](CNS(=O)(=O)c2ccc(OC)cc2)C1. The maximum absolute atomic E-state index is 12.3. The number of rotatable bonds is 7. The van der Waals surface area contributed by atoms with E-state index in [1.807, 2.05) is 0 Å². The molecule has 1 fully saturated rings. The Morgan fingerprint density at radius 3 is 2.62 bits per heavy atom. The zero-order valence-electron chi connectivity index (χ0n) is 14.0. The van der Waals surface area contributed by atoms with E-state index in [0.717, 1.165) is 12.8 Å². The van der Waals surface area contributed by atoms with Gasteiger partial charge in [-0.25, -0.2) is 13.1 Å². The summed E-state index contributed by atoms with van der Waals surface area (Å²) in [5, 5.41) is 0. The number of hydrogen-bond acceptors (Lipinski definition) is 5. The average molecular weight is 356 g/mol. The van der Waals surface area contributed by atoms with Crippen molar-refractivity contribution < 1.29 is 22.7 Å². The largest absolute Gasteiger partial charge is 0.497 e. The number of carbonyl (C=O) groups excluding carboxylic acids is 1. The van der Waals surface area contributed by atoms with Gasteiger partial charge in [-0.3, -0.25) is 4.79 Å². The van der Waals surface area contributed by atoms with Crippen molar-refractivity contribution in [1.29, 1.82) is 0 Å². The fourth-order valence-corrected chi connectivity index (χ4v) is 3.85. The van der Waals surface area contributed by atoms with Gasteiger partial charge in [-0.1, -0.05) is 0 Å². The molecule has 0 unspecified atom stereocenters. The van der Waals surface area contributed by atoms with E-state index < -0.39 is 10.0 Å². The van der Waals surface area contributed by atoms with Crippen LogP contribution in [0.3, 0.4) is 0 Å². The van der Waals surface area contributed by atoms with Crippen molar-refractivity contribution in [1.82, 2.24) is 9.62 Å². The zero-order chi connectivity index (χ0) is 17.6. The standard InChI is InChI=1S/C16H24N2O5S/c1-22-12-16(19)18-9-3-4-13(11-18)10-17-24(20,21)15-7-5-14(23-2)6-8-15/h5-8,13,17H,3-4,9-12H2,1-2H3/t13-/m1/s1. The predicted molar refractivity (Wildman–Crippen MR) is 89.4 cm³/mol. The van der Waals surface area contributed by atoms with Crippen molar-refractivity contribution in [2.24, 2.45) is 5.92 Å². The molecule has 1 heterocycles. The predicted octanol–water partition coefficient (Wildman–Crippen LogP) is 0.859. The lowest BCUT2D eigenvalue weighted by Gasteiger charge is -2.32. The van der Waals surface area contributed by atoms with Gasteiger partial charge >= 0.3 is 0 Å². The van der Waals surface area contributed by atoms with E-state index in [1.165, 1.54) is 26.4 Å². The summed E-state index contributed by atoms with van der Waals surface area (Å²) in [6.07, 6.45) is 1.76.